The van der Waals surface area contributed by atoms with E-state index in [2.05, 4.69) is 12.2 Å². The Morgan fingerprint density at radius 2 is 1.82 bits per heavy atom. The normalized spacial score (nSPS) is 10.7. The second-order valence-corrected chi connectivity index (χ2v) is 6.24. The van der Waals surface area contributed by atoms with Crippen LogP contribution in [-0.4, -0.2) is 26.2 Å². The summed E-state index contributed by atoms with van der Waals surface area (Å²) in [6.45, 7) is 5.78. The third kappa shape index (κ3) is 6.99. The first kappa shape index (κ1) is 21.4. The van der Waals surface area contributed by atoms with Crippen molar-refractivity contribution in [1.29, 1.82) is 0 Å². The lowest BCUT2D eigenvalue weighted by molar-refractivity contribution is -0.116. The van der Waals surface area contributed by atoms with Crippen LogP contribution in [0.15, 0.2) is 48.5 Å². The van der Waals surface area contributed by atoms with Gasteiger partial charge in [0.05, 0.1) is 20.3 Å². The van der Waals surface area contributed by atoms with Gasteiger partial charge in [-0.25, -0.2) is 0 Å². The lowest BCUT2D eigenvalue weighted by atomic mass is 10.2. The van der Waals surface area contributed by atoms with Crippen LogP contribution in [0, 0.1) is 0 Å². The van der Waals surface area contributed by atoms with Gasteiger partial charge in [-0.2, -0.15) is 0 Å². The van der Waals surface area contributed by atoms with Gasteiger partial charge in [0.15, 0.2) is 11.5 Å². The highest BCUT2D eigenvalue weighted by Crippen LogP contribution is 2.28. The first-order chi connectivity index (χ1) is 13.7. The molecule has 0 radical (unpaired) electrons. The van der Waals surface area contributed by atoms with Crippen LogP contribution in [-0.2, 0) is 11.3 Å². The lowest BCUT2D eigenvalue weighted by Gasteiger charge is -2.12. The highest BCUT2D eigenvalue weighted by Gasteiger charge is 2.06. The molecule has 1 N–H and O–H groups in total. The third-order valence-corrected chi connectivity index (χ3v) is 4.07. The molecule has 2 aromatic carbocycles. The molecule has 0 unspecified atom stereocenters. The zero-order valence-corrected chi connectivity index (χ0v) is 16.9. The minimum atomic E-state index is -0.156. The van der Waals surface area contributed by atoms with Gasteiger partial charge in [0.2, 0.25) is 5.91 Å². The van der Waals surface area contributed by atoms with E-state index in [9.17, 15) is 4.79 Å². The summed E-state index contributed by atoms with van der Waals surface area (Å²) in [6, 6.07) is 13.3. The number of carbonyl (C=O) groups excluding carboxylic acids is 1. The van der Waals surface area contributed by atoms with E-state index in [0.717, 1.165) is 35.5 Å². The molecule has 5 nitrogen and oxygen atoms in total. The van der Waals surface area contributed by atoms with Crippen LogP contribution in [0.5, 0.6) is 17.2 Å². The number of hydrogen-bond donors (Lipinski definition) is 1. The fraction of sp³-hybridized carbons (Fsp3) is 0.348. The molecule has 28 heavy (non-hydrogen) atoms. The standard InChI is InChI=1S/C23H29NO4/c1-4-6-15-28-21-13-9-19(16-22(21)26-3)17-24-23(25)14-10-18-7-11-20(12-8-18)27-5-2/h7-14,16H,4-6,15,17H2,1-3H3,(H,24,25)/b14-10+. The fourth-order valence-electron chi connectivity index (χ4n) is 2.53. The molecule has 150 valence electrons. The second-order valence-electron chi connectivity index (χ2n) is 6.24. The average molecular weight is 383 g/mol. The molecule has 0 bridgehead atoms. The van der Waals surface area contributed by atoms with Crippen LogP contribution in [0.3, 0.4) is 0 Å². The zero-order valence-electron chi connectivity index (χ0n) is 16.9. The fourth-order valence-corrected chi connectivity index (χ4v) is 2.53. The Bertz CT molecular complexity index is 769. The predicted molar refractivity (Wildman–Crippen MR) is 112 cm³/mol. The van der Waals surface area contributed by atoms with Crippen LogP contribution < -0.4 is 19.5 Å². The summed E-state index contributed by atoms with van der Waals surface area (Å²) < 4.78 is 16.5. The Kier molecular flexibility index (Phi) is 8.92. The Morgan fingerprint density at radius 3 is 2.50 bits per heavy atom. The van der Waals surface area contributed by atoms with Crippen molar-refractivity contribution in [2.45, 2.75) is 33.2 Å². The SMILES string of the molecule is CCCCOc1ccc(CNC(=O)/C=C/c2ccc(OCC)cc2)cc1OC. The average Bonchev–Trinajstić information content (AvgIpc) is 2.72. The van der Waals surface area contributed by atoms with Gasteiger partial charge in [0, 0.05) is 12.6 Å². The van der Waals surface area contributed by atoms with Gasteiger partial charge >= 0.3 is 0 Å². The molecule has 0 saturated heterocycles. The van der Waals surface area contributed by atoms with E-state index in [-0.39, 0.29) is 5.91 Å². The predicted octanol–water partition coefficient (Wildman–Crippen LogP) is 4.60. The Morgan fingerprint density at radius 1 is 1.04 bits per heavy atom. The molecule has 0 aromatic heterocycles. The van der Waals surface area contributed by atoms with Crippen molar-refractivity contribution in [2.24, 2.45) is 0 Å². The van der Waals surface area contributed by atoms with Gasteiger partial charge in [-0.3, -0.25) is 4.79 Å². The van der Waals surface area contributed by atoms with Crippen molar-refractivity contribution < 1.29 is 19.0 Å². The van der Waals surface area contributed by atoms with Crippen molar-refractivity contribution in [3.05, 3.63) is 59.7 Å². The van der Waals surface area contributed by atoms with E-state index in [1.165, 1.54) is 6.08 Å². The summed E-state index contributed by atoms with van der Waals surface area (Å²) in [7, 11) is 1.62. The quantitative estimate of drug-likeness (QED) is 0.455. The maximum atomic E-state index is 12.1. The van der Waals surface area contributed by atoms with Crippen molar-refractivity contribution in [2.75, 3.05) is 20.3 Å². The maximum absolute atomic E-state index is 12.1. The smallest absolute Gasteiger partial charge is 0.244 e. The molecule has 2 aromatic rings. The van der Waals surface area contributed by atoms with Gasteiger partial charge in [-0.1, -0.05) is 31.5 Å². The van der Waals surface area contributed by atoms with Crippen LogP contribution in [0.2, 0.25) is 0 Å². The molecule has 0 spiro atoms. The number of amides is 1. The number of unbranched alkanes of at least 4 members (excludes halogenated alkanes) is 1. The molecule has 0 aliphatic heterocycles. The first-order valence-corrected chi connectivity index (χ1v) is 9.64. The van der Waals surface area contributed by atoms with Gasteiger partial charge in [0.25, 0.3) is 0 Å². The summed E-state index contributed by atoms with van der Waals surface area (Å²) in [4.78, 5) is 12.1. The maximum Gasteiger partial charge on any atom is 0.244 e. The van der Waals surface area contributed by atoms with E-state index in [1.54, 1.807) is 13.2 Å². The number of benzene rings is 2. The summed E-state index contributed by atoms with van der Waals surface area (Å²) in [6.07, 6.45) is 5.38. The zero-order chi connectivity index (χ0) is 20.2. The lowest BCUT2D eigenvalue weighted by Crippen LogP contribution is -2.20. The van der Waals surface area contributed by atoms with Gasteiger partial charge < -0.3 is 19.5 Å². The van der Waals surface area contributed by atoms with Crippen LogP contribution in [0.4, 0.5) is 0 Å². The number of nitrogens with one attached hydrogen (secondary N) is 1. The first-order valence-electron chi connectivity index (χ1n) is 9.64. The minimum Gasteiger partial charge on any atom is -0.494 e. The highest BCUT2D eigenvalue weighted by atomic mass is 16.5. The molecule has 0 heterocycles. The monoisotopic (exact) mass is 383 g/mol. The molecule has 0 fully saturated rings. The minimum absolute atomic E-state index is 0.156. The Balaban J connectivity index is 1.87. The number of carbonyl (C=O) groups is 1. The van der Waals surface area contributed by atoms with E-state index in [1.807, 2.05) is 49.4 Å². The molecule has 1 amide bonds. The topological polar surface area (TPSA) is 56.8 Å². The Labute approximate surface area is 167 Å². The second kappa shape index (κ2) is 11.7. The molecule has 0 saturated carbocycles. The summed E-state index contributed by atoms with van der Waals surface area (Å²) in [5.41, 5.74) is 1.89. The summed E-state index contributed by atoms with van der Waals surface area (Å²) >= 11 is 0. The van der Waals surface area contributed by atoms with E-state index < -0.39 is 0 Å². The summed E-state index contributed by atoms with van der Waals surface area (Å²) in [5, 5.41) is 2.88. The van der Waals surface area contributed by atoms with Crippen LogP contribution in [0.1, 0.15) is 37.8 Å². The summed E-state index contributed by atoms with van der Waals surface area (Å²) in [5.74, 6) is 2.06. The van der Waals surface area contributed by atoms with Crippen molar-refractivity contribution in [1.82, 2.24) is 5.32 Å². The molecule has 5 heteroatoms. The molecule has 0 aliphatic rings. The van der Waals surface area contributed by atoms with Crippen molar-refractivity contribution in [3.8, 4) is 17.2 Å². The van der Waals surface area contributed by atoms with Crippen LogP contribution in [0.25, 0.3) is 6.08 Å². The number of hydrogen-bond acceptors (Lipinski definition) is 4. The number of methoxy groups -OCH3 is 1. The Hall–Kier alpha value is -2.95. The van der Waals surface area contributed by atoms with E-state index in [0.29, 0.717) is 25.5 Å². The van der Waals surface area contributed by atoms with Gasteiger partial charge in [0.1, 0.15) is 5.75 Å². The highest BCUT2D eigenvalue weighted by molar-refractivity contribution is 5.91. The van der Waals surface area contributed by atoms with E-state index >= 15 is 0 Å². The molecule has 0 aliphatic carbocycles. The third-order valence-electron chi connectivity index (χ3n) is 4.07. The van der Waals surface area contributed by atoms with Gasteiger partial charge in [-0.05, 0) is 54.8 Å². The molecule has 0 atom stereocenters. The number of rotatable bonds is 11. The largest absolute Gasteiger partial charge is 0.494 e. The molecular weight excluding hydrogens is 354 g/mol. The van der Waals surface area contributed by atoms with Crippen molar-refractivity contribution in [3.63, 3.8) is 0 Å². The molecule has 2 rings (SSSR count). The van der Waals surface area contributed by atoms with E-state index in [4.69, 9.17) is 14.2 Å². The number of ether oxygens (including phenoxy) is 3. The van der Waals surface area contributed by atoms with Crippen molar-refractivity contribution >= 4 is 12.0 Å². The molecular formula is C23H29NO4. The van der Waals surface area contributed by atoms with Gasteiger partial charge in [-0.15, -0.1) is 0 Å². The van der Waals surface area contributed by atoms with Crippen LogP contribution >= 0.6 is 0 Å².